The van der Waals surface area contributed by atoms with E-state index in [9.17, 15) is 0 Å². The summed E-state index contributed by atoms with van der Waals surface area (Å²) in [5.74, 6) is 1.62. The Labute approximate surface area is 101 Å². The highest BCUT2D eigenvalue weighted by Gasteiger charge is 2.29. The Bertz CT molecular complexity index is 417. The van der Waals surface area contributed by atoms with Crippen LogP contribution in [-0.4, -0.2) is 36.8 Å². The van der Waals surface area contributed by atoms with E-state index in [-0.39, 0.29) is 0 Å². The molecule has 3 saturated heterocycles. The fourth-order valence-electron chi connectivity index (χ4n) is 2.81. The zero-order valence-corrected chi connectivity index (χ0v) is 10.2. The third-order valence-corrected chi connectivity index (χ3v) is 3.72. The van der Waals surface area contributed by atoms with Crippen LogP contribution in [0.5, 0.6) is 0 Å². The first-order chi connectivity index (χ1) is 8.35. The Kier molecular flexibility index (Phi) is 2.99. The van der Waals surface area contributed by atoms with Crippen LogP contribution in [0.3, 0.4) is 0 Å². The van der Waals surface area contributed by atoms with Gasteiger partial charge in [0, 0.05) is 19.7 Å². The van der Waals surface area contributed by atoms with Crippen LogP contribution in [0.1, 0.15) is 24.3 Å². The van der Waals surface area contributed by atoms with E-state index in [1.54, 1.807) is 7.11 Å². The zero-order valence-electron chi connectivity index (χ0n) is 10.2. The molecule has 4 rings (SSSR count). The highest BCUT2D eigenvalue weighted by Crippen LogP contribution is 2.32. The molecule has 1 aromatic heterocycles. The molecule has 17 heavy (non-hydrogen) atoms. The van der Waals surface area contributed by atoms with Crippen molar-refractivity contribution in [1.29, 1.82) is 0 Å². The lowest BCUT2D eigenvalue weighted by atomic mass is 9.83. The lowest BCUT2D eigenvalue weighted by Crippen LogP contribution is -2.42. The maximum absolute atomic E-state index is 5.30. The molecule has 3 aliphatic rings. The molecule has 1 aromatic rings. The number of ether oxygens (including phenoxy) is 1. The summed E-state index contributed by atoms with van der Waals surface area (Å²) in [6.07, 6.45) is 4.76. The van der Waals surface area contributed by atoms with Crippen LogP contribution >= 0.6 is 0 Å². The van der Waals surface area contributed by atoms with Gasteiger partial charge in [-0.15, -0.1) is 0 Å². The zero-order chi connectivity index (χ0) is 11.7. The second-order valence-electron chi connectivity index (χ2n) is 4.92. The summed E-state index contributed by atoms with van der Waals surface area (Å²) >= 11 is 0. The van der Waals surface area contributed by atoms with Gasteiger partial charge in [0.1, 0.15) is 5.69 Å². The number of rotatable bonds is 3. The molecule has 0 amide bonds. The Hall–Kier alpha value is -1.13. The number of hydrogen-bond acceptors (Lipinski definition) is 4. The number of hydrogen-bond donors (Lipinski definition) is 0. The minimum absolute atomic E-state index is 0.516. The SMILES string of the molecule is COCc1cc(/C=C2\CN3CCC2CC3)on1. The third-order valence-electron chi connectivity index (χ3n) is 3.72. The van der Waals surface area contributed by atoms with Gasteiger partial charge < -0.3 is 9.26 Å². The average Bonchev–Trinajstić information content (AvgIpc) is 2.79. The van der Waals surface area contributed by atoms with Crippen molar-refractivity contribution in [2.24, 2.45) is 5.92 Å². The van der Waals surface area contributed by atoms with E-state index in [4.69, 9.17) is 9.26 Å². The predicted molar refractivity (Wildman–Crippen MR) is 64.4 cm³/mol. The molecule has 0 radical (unpaired) electrons. The molecule has 4 heterocycles. The second-order valence-corrected chi connectivity index (χ2v) is 4.92. The van der Waals surface area contributed by atoms with Crippen molar-refractivity contribution in [3.63, 3.8) is 0 Å². The molecule has 0 atom stereocenters. The van der Waals surface area contributed by atoms with Crippen molar-refractivity contribution in [2.75, 3.05) is 26.7 Å². The average molecular weight is 234 g/mol. The predicted octanol–water partition coefficient (Wildman–Crippen LogP) is 1.93. The van der Waals surface area contributed by atoms with Gasteiger partial charge in [0.2, 0.25) is 0 Å². The topological polar surface area (TPSA) is 38.5 Å². The quantitative estimate of drug-likeness (QED) is 0.801. The van der Waals surface area contributed by atoms with Gasteiger partial charge in [-0.2, -0.15) is 0 Å². The first kappa shape index (κ1) is 11.0. The summed E-state index contributed by atoms with van der Waals surface area (Å²) in [5.41, 5.74) is 2.36. The molecule has 0 N–H and O–H groups in total. The molecular weight excluding hydrogens is 216 g/mol. The summed E-state index contributed by atoms with van der Waals surface area (Å²) in [6.45, 7) is 4.13. The largest absolute Gasteiger partial charge is 0.378 e. The monoisotopic (exact) mass is 234 g/mol. The van der Waals surface area contributed by atoms with Crippen LogP contribution in [0.25, 0.3) is 6.08 Å². The van der Waals surface area contributed by atoms with Gasteiger partial charge in [-0.3, -0.25) is 4.90 Å². The van der Waals surface area contributed by atoms with Crippen LogP contribution in [0.15, 0.2) is 16.2 Å². The van der Waals surface area contributed by atoms with Crippen molar-refractivity contribution in [1.82, 2.24) is 10.1 Å². The summed E-state index contributed by atoms with van der Waals surface area (Å²) in [5, 5.41) is 3.98. The first-order valence-electron chi connectivity index (χ1n) is 6.22. The molecular formula is C13H18N2O2. The standard InChI is InChI=1S/C13H18N2O2/c1-16-9-12-7-13(17-14-12)6-11-8-15-4-2-10(11)3-5-15/h6-7,10H,2-5,8-9H2,1H3/b11-6+. The molecule has 0 saturated carbocycles. The Morgan fingerprint density at radius 1 is 1.53 bits per heavy atom. The van der Waals surface area contributed by atoms with E-state index in [0.717, 1.165) is 23.9 Å². The summed E-state index contributed by atoms with van der Waals surface area (Å²) in [7, 11) is 1.67. The van der Waals surface area contributed by atoms with E-state index < -0.39 is 0 Å². The molecule has 0 unspecified atom stereocenters. The maximum Gasteiger partial charge on any atom is 0.160 e. The summed E-state index contributed by atoms with van der Waals surface area (Å²) in [6, 6.07) is 1.97. The highest BCUT2D eigenvalue weighted by atomic mass is 16.5. The van der Waals surface area contributed by atoms with Crippen molar-refractivity contribution in [3.8, 4) is 0 Å². The molecule has 2 bridgehead atoms. The van der Waals surface area contributed by atoms with Crippen LogP contribution in [0.2, 0.25) is 0 Å². The summed E-state index contributed by atoms with van der Waals surface area (Å²) in [4.78, 5) is 2.51. The van der Waals surface area contributed by atoms with E-state index >= 15 is 0 Å². The normalized spacial score (nSPS) is 30.1. The van der Waals surface area contributed by atoms with Crippen LogP contribution < -0.4 is 0 Å². The number of nitrogens with zero attached hydrogens (tertiary/aromatic N) is 2. The van der Waals surface area contributed by atoms with E-state index in [0.29, 0.717) is 6.61 Å². The van der Waals surface area contributed by atoms with Crippen LogP contribution in [0, 0.1) is 5.92 Å². The Morgan fingerprint density at radius 2 is 2.35 bits per heavy atom. The molecule has 3 fully saturated rings. The number of piperidine rings is 3. The van der Waals surface area contributed by atoms with E-state index in [1.807, 2.05) is 6.07 Å². The fourth-order valence-corrected chi connectivity index (χ4v) is 2.81. The van der Waals surface area contributed by atoms with Gasteiger partial charge in [-0.05, 0) is 43.5 Å². The summed E-state index contributed by atoms with van der Waals surface area (Å²) < 4.78 is 10.3. The van der Waals surface area contributed by atoms with Crippen molar-refractivity contribution in [3.05, 3.63) is 23.1 Å². The van der Waals surface area contributed by atoms with Crippen LogP contribution in [-0.2, 0) is 11.3 Å². The third kappa shape index (κ3) is 2.28. The van der Waals surface area contributed by atoms with Gasteiger partial charge in [0.05, 0.1) is 6.61 Å². The van der Waals surface area contributed by atoms with Crippen LogP contribution in [0.4, 0.5) is 0 Å². The minimum atomic E-state index is 0.516. The second kappa shape index (κ2) is 4.63. The lowest BCUT2D eigenvalue weighted by Gasteiger charge is -2.40. The van der Waals surface area contributed by atoms with Gasteiger partial charge >= 0.3 is 0 Å². The number of fused-ring (bicyclic) bond motifs is 3. The van der Waals surface area contributed by atoms with Gasteiger partial charge in [-0.25, -0.2) is 0 Å². The smallest absolute Gasteiger partial charge is 0.160 e. The highest BCUT2D eigenvalue weighted by molar-refractivity contribution is 5.49. The Balaban J connectivity index is 1.76. The first-order valence-corrected chi connectivity index (χ1v) is 6.22. The maximum atomic E-state index is 5.30. The molecule has 0 aromatic carbocycles. The van der Waals surface area contributed by atoms with E-state index in [1.165, 1.54) is 31.5 Å². The molecule has 4 heteroatoms. The minimum Gasteiger partial charge on any atom is -0.378 e. The molecule has 3 aliphatic heterocycles. The molecule has 92 valence electrons. The lowest BCUT2D eigenvalue weighted by molar-refractivity contribution is 0.163. The van der Waals surface area contributed by atoms with Crippen molar-refractivity contribution < 1.29 is 9.26 Å². The van der Waals surface area contributed by atoms with Gasteiger partial charge in [0.15, 0.2) is 5.76 Å². The van der Waals surface area contributed by atoms with E-state index in [2.05, 4.69) is 16.1 Å². The molecule has 4 nitrogen and oxygen atoms in total. The fraction of sp³-hybridized carbons (Fsp3) is 0.615. The number of methoxy groups -OCH3 is 1. The number of aromatic nitrogens is 1. The molecule has 0 spiro atoms. The van der Waals surface area contributed by atoms with Crippen molar-refractivity contribution >= 4 is 6.08 Å². The van der Waals surface area contributed by atoms with Gasteiger partial charge in [0.25, 0.3) is 0 Å². The van der Waals surface area contributed by atoms with Crippen molar-refractivity contribution in [2.45, 2.75) is 19.4 Å². The van der Waals surface area contributed by atoms with Gasteiger partial charge in [-0.1, -0.05) is 5.16 Å². The Morgan fingerprint density at radius 3 is 3.00 bits per heavy atom. The molecule has 0 aliphatic carbocycles.